The summed E-state index contributed by atoms with van der Waals surface area (Å²) in [6.07, 6.45) is 0. The number of nitrogens with one attached hydrogen (secondary N) is 1. The van der Waals surface area contributed by atoms with E-state index in [1.165, 1.54) is 11.9 Å². The molecule has 0 saturated heterocycles. The lowest BCUT2D eigenvalue weighted by molar-refractivity contribution is -0.347. The predicted molar refractivity (Wildman–Crippen MR) is 75.4 cm³/mol. The number of aryl methyl sites for hydroxylation is 1. The van der Waals surface area contributed by atoms with Crippen molar-refractivity contribution in [1.82, 2.24) is 0 Å². The minimum Gasteiger partial charge on any atom is -0.726 e. The molecular weight excluding hydrogens is 318 g/mol. The van der Waals surface area contributed by atoms with Crippen LogP contribution in [0.4, 0.5) is 0 Å². The molecule has 1 N–H and O–H groups in total. The molecule has 0 spiro atoms. The van der Waals surface area contributed by atoms with E-state index in [1.54, 1.807) is 11.3 Å². The van der Waals surface area contributed by atoms with Crippen LogP contribution in [-0.2, 0) is 14.6 Å². The fourth-order valence-corrected chi connectivity index (χ4v) is 3.04. The minimum absolute atomic E-state index is 0.0914. The van der Waals surface area contributed by atoms with Gasteiger partial charge in [-0.2, -0.15) is 4.98 Å². The highest BCUT2D eigenvalue weighted by molar-refractivity contribution is 7.80. The van der Waals surface area contributed by atoms with Crippen LogP contribution in [0.3, 0.4) is 0 Å². The Hall–Kier alpha value is -1.42. The first-order valence-corrected chi connectivity index (χ1v) is 8.37. The van der Waals surface area contributed by atoms with E-state index >= 15 is 0 Å². The number of ether oxygens (including phenoxy) is 2. The van der Waals surface area contributed by atoms with Crippen molar-refractivity contribution in [2.24, 2.45) is 0 Å². The van der Waals surface area contributed by atoms with Crippen molar-refractivity contribution in [3.8, 4) is 11.5 Å². The van der Waals surface area contributed by atoms with Crippen LogP contribution < -0.4 is 14.5 Å². The molecule has 1 aliphatic heterocycles. The second-order valence-electron chi connectivity index (χ2n) is 4.06. The first-order valence-electron chi connectivity index (χ1n) is 6.22. The van der Waals surface area contributed by atoms with E-state index in [2.05, 4.69) is 16.1 Å². The van der Waals surface area contributed by atoms with E-state index in [4.69, 9.17) is 9.47 Å². The zero-order valence-corrected chi connectivity index (χ0v) is 13.2. The smallest absolute Gasteiger partial charge is 0.233 e. The second-order valence-corrected chi connectivity index (χ2v) is 6.34. The van der Waals surface area contributed by atoms with Gasteiger partial charge >= 0.3 is 0 Å². The number of rotatable bonds is 2. The van der Waals surface area contributed by atoms with Gasteiger partial charge in [0.1, 0.15) is 13.2 Å². The van der Waals surface area contributed by atoms with Crippen LogP contribution in [0.5, 0.6) is 11.5 Å². The first kappa shape index (κ1) is 16.0. The van der Waals surface area contributed by atoms with Crippen molar-refractivity contribution < 1.29 is 31.6 Å². The Morgan fingerprint density at radius 3 is 2.71 bits per heavy atom. The summed E-state index contributed by atoms with van der Waals surface area (Å²) in [5.41, 5.74) is 1.12. The van der Waals surface area contributed by atoms with Gasteiger partial charge in [0.2, 0.25) is 20.9 Å². The van der Waals surface area contributed by atoms with Crippen LogP contribution in [0.15, 0.2) is 12.1 Å². The SMILES string of the molecule is CCOS(=O)(=O)[O-].Cc1[nH+]c2ccc3c(c2s1)OCCO3. The zero-order valence-electron chi connectivity index (χ0n) is 11.5. The summed E-state index contributed by atoms with van der Waals surface area (Å²) in [6.45, 7) is 4.68. The van der Waals surface area contributed by atoms with Gasteiger partial charge in [0.05, 0.1) is 6.61 Å². The molecule has 0 saturated carbocycles. The van der Waals surface area contributed by atoms with Crippen LogP contribution in [0, 0.1) is 6.92 Å². The van der Waals surface area contributed by atoms with Crippen molar-refractivity contribution in [2.75, 3.05) is 19.8 Å². The molecular formula is C12H15NO6S2. The summed E-state index contributed by atoms with van der Waals surface area (Å²) in [6, 6.07) is 3.99. The molecule has 1 aromatic heterocycles. The maximum Gasteiger partial charge on any atom is 0.233 e. The molecule has 7 nitrogen and oxygen atoms in total. The third-order valence-electron chi connectivity index (χ3n) is 2.49. The second kappa shape index (κ2) is 6.56. The Morgan fingerprint density at radius 1 is 1.38 bits per heavy atom. The van der Waals surface area contributed by atoms with E-state index in [1.807, 2.05) is 12.1 Å². The Labute approximate surface area is 126 Å². The van der Waals surface area contributed by atoms with Gasteiger partial charge in [0.15, 0.2) is 16.2 Å². The van der Waals surface area contributed by atoms with Gasteiger partial charge in [0.25, 0.3) is 0 Å². The molecule has 1 aliphatic rings. The van der Waals surface area contributed by atoms with Crippen molar-refractivity contribution >= 4 is 32.0 Å². The van der Waals surface area contributed by atoms with Crippen molar-refractivity contribution in [2.45, 2.75) is 13.8 Å². The average molecular weight is 333 g/mol. The molecule has 0 fully saturated rings. The Morgan fingerprint density at radius 2 is 2.10 bits per heavy atom. The lowest BCUT2D eigenvalue weighted by Crippen LogP contribution is -2.15. The summed E-state index contributed by atoms with van der Waals surface area (Å²) in [5.74, 6) is 1.75. The minimum atomic E-state index is -4.42. The van der Waals surface area contributed by atoms with Gasteiger partial charge < -0.3 is 14.0 Å². The van der Waals surface area contributed by atoms with Crippen LogP contribution in [-0.4, -0.2) is 32.8 Å². The zero-order chi connectivity index (χ0) is 15.5. The molecule has 2 heterocycles. The Bertz CT molecular complexity index is 725. The van der Waals surface area contributed by atoms with Crippen LogP contribution in [0.2, 0.25) is 0 Å². The van der Waals surface area contributed by atoms with Crippen LogP contribution in [0.1, 0.15) is 11.9 Å². The fourth-order valence-electron chi connectivity index (χ4n) is 1.80. The van der Waals surface area contributed by atoms with Crippen LogP contribution in [0.25, 0.3) is 10.2 Å². The first-order chi connectivity index (χ1) is 9.90. The van der Waals surface area contributed by atoms with Gasteiger partial charge in [-0.05, 0) is 13.0 Å². The number of thiazole rings is 1. The quantitative estimate of drug-likeness (QED) is 0.606. The molecule has 0 unspecified atom stereocenters. The lowest BCUT2D eigenvalue weighted by atomic mass is 10.3. The number of fused-ring (bicyclic) bond motifs is 3. The van der Waals surface area contributed by atoms with Gasteiger partial charge in [-0.15, -0.1) is 0 Å². The van der Waals surface area contributed by atoms with Crippen molar-refractivity contribution in [3.63, 3.8) is 0 Å². The molecule has 0 bridgehead atoms. The number of hydrogen-bond donors (Lipinski definition) is 0. The number of hydrogen-bond acceptors (Lipinski definition) is 7. The molecule has 0 aliphatic carbocycles. The number of H-pyrrole nitrogens is 1. The maximum atomic E-state index is 9.45. The van der Waals surface area contributed by atoms with E-state index in [-0.39, 0.29) is 6.61 Å². The summed E-state index contributed by atoms with van der Waals surface area (Å²) in [5, 5.41) is 1.18. The average Bonchev–Trinajstić information content (AvgIpc) is 2.79. The molecule has 1 aromatic carbocycles. The number of benzene rings is 1. The number of aromatic nitrogens is 1. The molecule has 0 amide bonds. The van der Waals surface area contributed by atoms with E-state index in [0.29, 0.717) is 13.2 Å². The lowest BCUT2D eigenvalue weighted by Gasteiger charge is -2.17. The van der Waals surface area contributed by atoms with Gasteiger partial charge in [0, 0.05) is 13.0 Å². The standard InChI is InChI=1S/C10H9NO2S.C2H6O4S/c1-6-11-7-2-3-8-9(10(7)14-6)13-5-4-12-8;1-2-6-7(3,4)5/h2-3H,4-5H2,1H3;2H2,1H3,(H,3,4,5). The highest BCUT2D eigenvalue weighted by atomic mass is 32.3. The highest BCUT2D eigenvalue weighted by Crippen LogP contribution is 2.39. The van der Waals surface area contributed by atoms with E-state index in [9.17, 15) is 13.0 Å². The van der Waals surface area contributed by atoms with Crippen molar-refractivity contribution in [3.05, 3.63) is 17.1 Å². The third kappa shape index (κ3) is 4.27. The normalized spacial score (nSPS) is 13.7. The van der Waals surface area contributed by atoms with Crippen molar-refractivity contribution in [1.29, 1.82) is 0 Å². The third-order valence-corrected chi connectivity index (χ3v) is 4.03. The molecule has 3 rings (SSSR count). The summed E-state index contributed by atoms with van der Waals surface area (Å²) in [7, 11) is -4.42. The topological polar surface area (TPSA) is 99.0 Å². The van der Waals surface area contributed by atoms with Crippen LogP contribution >= 0.6 is 11.3 Å². The summed E-state index contributed by atoms with van der Waals surface area (Å²) < 4.78 is 44.3. The van der Waals surface area contributed by atoms with Gasteiger partial charge in [-0.25, -0.2) is 8.42 Å². The monoisotopic (exact) mass is 333 g/mol. The largest absolute Gasteiger partial charge is 0.726 e. The van der Waals surface area contributed by atoms with Gasteiger partial charge in [-0.3, -0.25) is 4.18 Å². The molecule has 0 atom stereocenters. The Balaban J connectivity index is 0.000000199. The molecule has 21 heavy (non-hydrogen) atoms. The number of aromatic amines is 1. The highest BCUT2D eigenvalue weighted by Gasteiger charge is 2.20. The van der Waals surface area contributed by atoms with E-state index in [0.717, 1.165) is 21.7 Å². The molecule has 0 radical (unpaired) electrons. The molecule has 9 heteroatoms. The molecule has 116 valence electrons. The van der Waals surface area contributed by atoms with E-state index < -0.39 is 10.4 Å². The Kier molecular flexibility index (Phi) is 4.99. The summed E-state index contributed by atoms with van der Waals surface area (Å²) >= 11 is 1.71. The van der Waals surface area contributed by atoms with Gasteiger partial charge in [-0.1, -0.05) is 11.3 Å². The molecule has 2 aromatic rings. The fraction of sp³-hybridized carbons (Fsp3) is 0.417. The predicted octanol–water partition coefficient (Wildman–Crippen LogP) is 1.28. The maximum absolute atomic E-state index is 9.45. The summed E-state index contributed by atoms with van der Waals surface area (Å²) in [4.78, 5) is 3.29.